The molecule has 0 atom stereocenters. The van der Waals surface area contributed by atoms with E-state index in [4.69, 9.17) is 4.74 Å². The van der Waals surface area contributed by atoms with Crippen molar-refractivity contribution in [2.75, 3.05) is 30.9 Å². The number of amides is 1. The van der Waals surface area contributed by atoms with Crippen molar-refractivity contribution in [2.45, 2.75) is 20.8 Å². The maximum absolute atomic E-state index is 12.6. The molecule has 0 aliphatic heterocycles. The number of aryl methyl sites for hydroxylation is 3. The number of benzene rings is 1. The molecule has 2 aromatic heterocycles. The highest BCUT2D eigenvalue weighted by Gasteiger charge is 2.21. The van der Waals surface area contributed by atoms with Crippen LogP contribution in [0.2, 0.25) is 0 Å². The van der Waals surface area contributed by atoms with E-state index < -0.39 is 23.4 Å². The predicted molar refractivity (Wildman–Crippen MR) is 120 cm³/mol. The van der Waals surface area contributed by atoms with E-state index in [1.807, 2.05) is 19.9 Å². The predicted octanol–water partition coefficient (Wildman–Crippen LogP) is 2.36. The van der Waals surface area contributed by atoms with Crippen molar-refractivity contribution >= 4 is 29.1 Å². The van der Waals surface area contributed by atoms with Gasteiger partial charge >= 0.3 is 5.97 Å². The fourth-order valence-corrected chi connectivity index (χ4v) is 3.12. The Morgan fingerprint density at radius 2 is 1.76 bits per heavy atom. The van der Waals surface area contributed by atoms with Crippen LogP contribution >= 0.6 is 0 Å². The molecule has 0 aliphatic rings. The maximum atomic E-state index is 12.6. The van der Waals surface area contributed by atoms with Crippen LogP contribution in [0.5, 0.6) is 0 Å². The molecule has 1 N–H and O–H groups in total. The highest BCUT2D eigenvalue weighted by molar-refractivity contribution is 5.99. The van der Waals surface area contributed by atoms with Crippen LogP contribution in [0.3, 0.4) is 0 Å². The topological polar surface area (TPSA) is 145 Å². The Morgan fingerprint density at radius 3 is 2.36 bits per heavy atom. The lowest BCUT2D eigenvalue weighted by atomic mass is 10.1. The van der Waals surface area contributed by atoms with Gasteiger partial charge in [0.1, 0.15) is 5.82 Å². The molecule has 0 bridgehead atoms. The van der Waals surface area contributed by atoms with E-state index >= 15 is 0 Å². The number of hydrogen-bond acceptors (Lipinski definition) is 9. The van der Waals surface area contributed by atoms with Gasteiger partial charge in [-0.1, -0.05) is 0 Å². The fourth-order valence-electron chi connectivity index (χ4n) is 3.12. The Kier molecular flexibility index (Phi) is 6.66. The van der Waals surface area contributed by atoms with Gasteiger partial charge in [0, 0.05) is 43.7 Å². The SMILES string of the molecule is Cc1cc(C)nc(-n2nc(C)cc2NC(=O)COC(=O)c2cc([N+](=O)[O-])ccc2N(C)C)n1. The summed E-state index contributed by atoms with van der Waals surface area (Å²) in [5.74, 6) is -0.881. The monoisotopic (exact) mass is 453 g/mol. The zero-order valence-corrected chi connectivity index (χ0v) is 18.8. The molecule has 0 radical (unpaired) electrons. The lowest BCUT2D eigenvalue weighted by Gasteiger charge is -2.16. The summed E-state index contributed by atoms with van der Waals surface area (Å²) in [5, 5.41) is 18.0. The van der Waals surface area contributed by atoms with Crippen molar-refractivity contribution in [3.05, 3.63) is 63.1 Å². The van der Waals surface area contributed by atoms with Crippen LogP contribution in [-0.2, 0) is 9.53 Å². The second-order valence-corrected chi connectivity index (χ2v) is 7.51. The normalized spacial score (nSPS) is 10.6. The van der Waals surface area contributed by atoms with Gasteiger partial charge in [0.15, 0.2) is 6.61 Å². The van der Waals surface area contributed by atoms with Gasteiger partial charge in [0.25, 0.3) is 17.5 Å². The number of hydrogen-bond donors (Lipinski definition) is 1. The molecule has 3 aromatic rings. The average Bonchev–Trinajstić information content (AvgIpc) is 3.10. The van der Waals surface area contributed by atoms with Gasteiger partial charge in [0.05, 0.1) is 21.9 Å². The number of ether oxygens (including phenoxy) is 1. The third-order valence-corrected chi connectivity index (χ3v) is 4.49. The Bertz CT molecular complexity index is 1220. The van der Waals surface area contributed by atoms with Crippen LogP contribution in [0, 0.1) is 30.9 Å². The molecule has 12 heteroatoms. The number of nitro benzene ring substituents is 1. The van der Waals surface area contributed by atoms with Crippen LogP contribution in [-0.4, -0.2) is 57.3 Å². The smallest absolute Gasteiger partial charge is 0.341 e. The van der Waals surface area contributed by atoms with Gasteiger partial charge in [-0.25, -0.2) is 14.8 Å². The molecule has 33 heavy (non-hydrogen) atoms. The molecule has 0 saturated heterocycles. The fraction of sp³-hybridized carbons (Fsp3) is 0.286. The first kappa shape index (κ1) is 23.3. The summed E-state index contributed by atoms with van der Waals surface area (Å²) < 4.78 is 6.51. The van der Waals surface area contributed by atoms with E-state index in [-0.39, 0.29) is 11.3 Å². The van der Waals surface area contributed by atoms with Crippen LogP contribution < -0.4 is 10.2 Å². The quantitative estimate of drug-likeness (QED) is 0.323. The lowest BCUT2D eigenvalue weighted by molar-refractivity contribution is -0.384. The summed E-state index contributed by atoms with van der Waals surface area (Å²) in [6, 6.07) is 7.29. The van der Waals surface area contributed by atoms with Crippen molar-refractivity contribution in [3.63, 3.8) is 0 Å². The third-order valence-electron chi connectivity index (χ3n) is 4.49. The highest BCUT2D eigenvalue weighted by atomic mass is 16.6. The number of nitrogens with one attached hydrogen (secondary N) is 1. The molecular weight excluding hydrogens is 430 g/mol. The standard InChI is InChI=1S/C21H23N7O5/c1-12-8-13(2)23-21(22-12)27-18(9-14(3)25-27)24-19(29)11-33-20(30)16-10-15(28(31)32)6-7-17(16)26(4)5/h6-10H,11H2,1-5H3,(H,24,29). The van der Waals surface area contributed by atoms with E-state index in [0.29, 0.717) is 23.1 Å². The molecule has 0 saturated carbocycles. The Balaban J connectivity index is 1.75. The number of anilines is 2. The van der Waals surface area contributed by atoms with Crippen molar-refractivity contribution in [1.82, 2.24) is 19.7 Å². The van der Waals surface area contributed by atoms with E-state index in [1.54, 1.807) is 32.0 Å². The number of carbonyl (C=O) groups is 2. The van der Waals surface area contributed by atoms with Gasteiger partial charge < -0.3 is 15.0 Å². The third kappa shape index (κ3) is 5.47. The Labute approximate surface area is 189 Å². The number of non-ortho nitro benzene ring substituents is 1. The lowest BCUT2D eigenvalue weighted by Crippen LogP contribution is -2.23. The number of nitrogens with zero attached hydrogens (tertiary/aromatic N) is 6. The van der Waals surface area contributed by atoms with Gasteiger partial charge in [-0.2, -0.15) is 9.78 Å². The first-order valence-corrected chi connectivity index (χ1v) is 9.87. The van der Waals surface area contributed by atoms with E-state index in [9.17, 15) is 19.7 Å². The van der Waals surface area contributed by atoms with Crippen molar-refractivity contribution in [1.29, 1.82) is 0 Å². The zero-order chi connectivity index (χ0) is 24.3. The van der Waals surface area contributed by atoms with Crippen LogP contribution in [0.4, 0.5) is 17.2 Å². The number of rotatable bonds is 7. The molecule has 0 unspecified atom stereocenters. The van der Waals surface area contributed by atoms with Gasteiger partial charge in [-0.15, -0.1) is 0 Å². The summed E-state index contributed by atoms with van der Waals surface area (Å²) in [4.78, 5) is 45.8. The highest BCUT2D eigenvalue weighted by Crippen LogP contribution is 2.25. The molecule has 172 valence electrons. The van der Waals surface area contributed by atoms with Crippen molar-refractivity contribution < 1.29 is 19.2 Å². The largest absolute Gasteiger partial charge is 0.452 e. The van der Waals surface area contributed by atoms with Crippen molar-refractivity contribution in [3.8, 4) is 5.95 Å². The molecule has 1 amide bonds. The van der Waals surface area contributed by atoms with Gasteiger partial charge in [-0.3, -0.25) is 14.9 Å². The molecule has 12 nitrogen and oxygen atoms in total. The summed E-state index contributed by atoms with van der Waals surface area (Å²) in [7, 11) is 3.37. The molecule has 0 aliphatic carbocycles. The van der Waals surface area contributed by atoms with Gasteiger partial charge in [-0.05, 0) is 32.9 Å². The second-order valence-electron chi connectivity index (χ2n) is 7.51. The van der Waals surface area contributed by atoms with E-state index in [2.05, 4.69) is 20.4 Å². The maximum Gasteiger partial charge on any atom is 0.341 e. The summed E-state index contributed by atoms with van der Waals surface area (Å²) in [6.45, 7) is 4.79. The molecule has 1 aromatic carbocycles. The summed E-state index contributed by atoms with van der Waals surface area (Å²) >= 11 is 0. The molecule has 2 heterocycles. The Morgan fingerprint density at radius 1 is 1.09 bits per heavy atom. The number of esters is 1. The number of nitro groups is 1. The average molecular weight is 453 g/mol. The minimum atomic E-state index is -0.861. The summed E-state index contributed by atoms with van der Waals surface area (Å²) in [5.41, 5.74) is 2.25. The first-order valence-electron chi connectivity index (χ1n) is 9.87. The minimum absolute atomic E-state index is 0.0217. The van der Waals surface area contributed by atoms with E-state index in [1.165, 1.54) is 16.8 Å². The van der Waals surface area contributed by atoms with Crippen LogP contribution in [0.1, 0.15) is 27.4 Å². The first-order chi connectivity index (χ1) is 15.5. The minimum Gasteiger partial charge on any atom is -0.452 e. The van der Waals surface area contributed by atoms with E-state index in [0.717, 1.165) is 17.5 Å². The molecule has 0 fully saturated rings. The number of aromatic nitrogens is 4. The van der Waals surface area contributed by atoms with Crippen LogP contribution in [0.15, 0.2) is 30.3 Å². The molecular formula is C21H23N7O5. The summed E-state index contributed by atoms with van der Waals surface area (Å²) in [6.07, 6.45) is 0. The van der Waals surface area contributed by atoms with Gasteiger partial charge in [0.2, 0.25) is 0 Å². The van der Waals surface area contributed by atoms with Crippen LogP contribution in [0.25, 0.3) is 5.95 Å². The zero-order valence-electron chi connectivity index (χ0n) is 18.8. The van der Waals surface area contributed by atoms with Crippen molar-refractivity contribution in [2.24, 2.45) is 0 Å². The molecule has 3 rings (SSSR count). The Hall–Kier alpha value is -4.35. The number of carbonyl (C=O) groups excluding carboxylic acids is 2. The molecule has 0 spiro atoms. The second kappa shape index (κ2) is 9.42.